The predicted octanol–water partition coefficient (Wildman–Crippen LogP) is 3.32. The van der Waals surface area contributed by atoms with Gasteiger partial charge in [0.2, 0.25) is 5.75 Å². The number of nitro groups is 1. The van der Waals surface area contributed by atoms with Crippen molar-refractivity contribution in [2.45, 2.75) is 32.1 Å². The number of nitrogens with one attached hydrogen (secondary N) is 1. The summed E-state index contributed by atoms with van der Waals surface area (Å²) in [6, 6.07) is 7.65. The lowest BCUT2D eigenvalue weighted by atomic mass is 10.2. The molecule has 0 unspecified atom stereocenters. The van der Waals surface area contributed by atoms with Gasteiger partial charge in [-0.3, -0.25) is 10.1 Å². The van der Waals surface area contributed by atoms with Crippen molar-refractivity contribution in [1.82, 2.24) is 4.83 Å². The van der Waals surface area contributed by atoms with Gasteiger partial charge in [0.25, 0.3) is 10.0 Å². The molecular weight excluding hydrogens is 398 g/mol. The summed E-state index contributed by atoms with van der Waals surface area (Å²) < 4.78 is 35.5. The van der Waals surface area contributed by atoms with Gasteiger partial charge in [-0.15, -0.1) is 0 Å². The van der Waals surface area contributed by atoms with Crippen LogP contribution in [0.4, 0.5) is 5.69 Å². The first-order valence-corrected chi connectivity index (χ1v) is 10.3. The van der Waals surface area contributed by atoms with Gasteiger partial charge in [-0.2, -0.15) is 13.5 Å². The second-order valence-electron chi connectivity index (χ2n) is 6.30. The fraction of sp³-hybridized carbons (Fsp3) is 0.316. The van der Waals surface area contributed by atoms with E-state index in [2.05, 4.69) is 9.93 Å². The third-order valence-corrected chi connectivity index (χ3v) is 5.31. The van der Waals surface area contributed by atoms with Crippen molar-refractivity contribution in [2.75, 3.05) is 13.7 Å². The molecule has 2 rings (SSSR count). The highest BCUT2D eigenvalue weighted by Crippen LogP contribution is 2.38. The molecule has 0 heterocycles. The Morgan fingerprint density at radius 3 is 2.55 bits per heavy atom. The zero-order valence-electron chi connectivity index (χ0n) is 16.6. The molecule has 0 radical (unpaired) electrons. The first-order chi connectivity index (χ1) is 13.7. The van der Waals surface area contributed by atoms with Crippen LogP contribution >= 0.6 is 0 Å². The minimum Gasteiger partial charge on any atom is -0.493 e. The van der Waals surface area contributed by atoms with E-state index in [-0.39, 0.29) is 27.6 Å². The molecule has 0 aliphatic heterocycles. The summed E-state index contributed by atoms with van der Waals surface area (Å²) in [5.74, 6) is 0.179. The molecule has 0 aromatic heterocycles. The van der Waals surface area contributed by atoms with Crippen LogP contribution in [0, 0.1) is 24.0 Å². The fourth-order valence-electron chi connectivity index (χ4n) is 2.64. The number of sulfonamides is 1. The van der Waals surface area contributed by atoms with Crippen molar-refractivity contribution in [3.8, 4) is 11.5 Å². The molecule has 0 saturated carbocycles. The van der Waals surface area contributed by atoms with E-state index in [4.69, 9.17) is 9.47 Å². The van der Waals surface area contributed by atoms with Crippen LogP contribution in [0.2, 0.25) is 0 Å². The van der Waals surface area contributed by atoms with E-state index in [0.29, 0.717) is 18.6 Å². The maximum atomic E-state index is 12.4. The molecule has 0 aliphatic rings. The Morgan fingerprint density at radius 2 is 1.97 bits per heavy atom. The summed E-state index contributed by atoms with van der Waals surface area (Å²) >= 11 is 0. The Morgan fingerprint density at radius 1 is 1.24 bits per heavy atom. The third kappa shape index (κ3) is 5.44. The Kier molecular flexibility index (Phi) is 7.16. The predicted molar refractivity (Wildman–Crippen MR) is 109 cm³/mol. The van der Waals surface area contributed by atoms with Gasteiger partial charge >= 0.3 is 5.69 Å². The van der Waals surface area contributed by atoms with Crippen molar-refractivity contribution in [3.05, 3.63) is 57.1 Å². The molecule has 0 atom stereocenters. The van der Waals surface area contributed by atoms with Crippen LogP contribution in [0.5, 0.6) is 11.5 Å². The van der Waals surface area contributed by atoms with Crippen LogP contribution in [-0.4, -0.2) is 33.3 Å². The van der Waals surface area contributed by atoms with Crippen LogP contribution in [0.3, 0.4) is 0 Å². The van der Waals surface area contributed by atoms with E-state index in [1.165, 1.54) is 31.5 Å². The van der Waals surface area contributed by atoms with E-state index in [9.17, 15) is 18.5 Å². The van der Waals surface area contributed by atoms with Gasteiger partial charge in [0, 0.05) is 11.6 Å². The van der Waals surface area contributed by atoms with Crippen molar-refractivity contribution in [2.24, 2.45) is 5.10 Å². The average molecular weight is 421 g/mol. The minimum absolute atomic E-state index is 0.0207. The smallest absolute Gasteiger partial charge is 0.315 e. The van der Waals surface area contributed by atoms with E-state index in [0.717, 1.165) is 5.56 Å². The summed E-state index contributed by atoms with van der Waals surface area (Å²) in [4.78, 5) is 13.0. The largest absolute Gasteiger partial charge is 0.493 e. The number of hydrogen-bond acceptors (Lipinski definition) is 7. The molecule has 1 N–H and O–H groups in total. The first kappa shape index (κ1) is 22.2. The van der Waals surface area contributed by atoms with Gasteiger partial charge in [-0.1, -0.05) is 24.6 Å². The maximum absolute atomic E-state index is 12.4. The quantitative estimate of drug-likeness (QED) is 0.377. The average Bonchev–Trinajstić information content (AvgIpc) is 2.65. The molecule has 10 heteroatoms. The number of nitrogens with zero attached hydrogens (tertiary/aromatic N) is 2. The lowest BCUT2D eigenvalue weighted by Gasteiger charge is -2.11. The Hall–Kier alpha value is -3.14. The highest BCUT2D eigenvalue weighted by atomic mass is 32.2. The zero-order valence-corrected chi connectivity index (χ0v) is 17.4. The van der Waals surface area contributed by atoms with E-state index < -0.39 is 14.9 Å². The molecule has 0 fully saturated rings. The number of methoxy groups -OCH3 is 1. The number of benzene rings is 2. The molecule has 0 bridgehead atoms. The lowest BCUT2D eigenvalue weighted by molar-refractivity contribution is -0.386. The topological polar surface area (TPSA) is 120 Å². The molecule has 29 heavy (non-hydrogen) atoms. The minimum atomic E-state index is -3.88. The highest BCUT2D eigenvalue weighted by molar-refractivity contribution is 7.89. The van der Waals surface area contributed by atoms with Crippen LogP contribution in [0.1, 0.15) is 30.0 Å². The summed E-state index contributed by atoms with van der Waals surface area (Å²) in [6.45, 7) is 5.72. The maximum Gasteiger partial charge on any atom is 0.315 e. The molecule has 0 spiro atoms. The van der Waals surface area contributed by atoms with Gasteiger partial charge in [-0.05, 0) is 38.0 Å². The van der Waals surface area contributed by atoms with Gasteiger partial charge < -0.3 is 9.47 Å². The monoisotopic (exact) mass is 421 g/mol. The first-order valence-electron chi connectivity index (χ1n) is 8.81. The van der Waals surface area contributed by atoms with E-state index in [1.807, 2.05) is 13.8 Å². The fourth-order valence-corrected chi connectivity index (χ4v) is 3.66. The number of hydrogen-bond donors (Lipinski definition) is 1. The van der Waals surface area contributed by atoms with Crippen LogP contribution in [-0.2, 0) is 10.0 Å². The second kappa shape index (κ2) is 9.37. The van der Waals surface area contributed by atoms with Gasteiger partial charge in [-0.25, -0.2) is 4.83 Å². The van der Waals surface area contributed by atoms with E-state index >= 15 is 0 Å². The lowest BCUT2D eigenvalue weighted by Crippen LogP contribution is -2.19. The number of hydrazone groups is 1. The van der Waals surface area contributed by atoms with Gasteiger partial charge in [0.15, 0.2) is 5.75 Å². The number of nitro benzene ring substituents is 1. The van der Waals surface area contributed by atoms with Gasteiger partial charge in [0.05, 0.1) is 29.8 Å². The SMILES string of the molecule is CCCOc1c(OC)cc(/C=N/NS(=O)(=O)c2ccc(C)cc2C)cc1[N+](=O)[O-]. The number of ether oxygens (including phenoxy) is 2. The Bertz CT molecular complexity index is 1030. The van der Waals surface area contributed by atoms with Crippen molar-refractivity contribution in [3.63, 3.8) is 0 Å². The molecule has 9 nitrogen and oxygen atoms in total. The molecule has 156 valence electrons. The molecule has 2 aromatic carbocycles. The Labute approximate surface area is 169 Å². The van der Waals surface area contributed by atoms with Gasteiger partial charge in [0.1, 0.15) is 0 Å². The number of aryl methyl sites for hydroxylation is 2. The van der Waals surface area contributed by atoms with Crippen molar-refractivity contribution in [1.29, 1.82) is 0 Å². The summed E-state index contributed by atoms with van der Waals surface area (Å²) in [5.41, 5.74) is 1.51. The zero-order chi connectivity index (χ0) is 21.6. The highest BCUT2D eigenvalue weighted by Gasteiger charge is 2.22. The standard InChI is InChI=1S/C19H23N3O6S/c1-5-8-28-19-16(22(23)24)10-15(11-17(19)27-4)12-20-21-29(25,26)18-7-6-13(2)9-14(18)3/h6-7,9-12,21H,5,8H2,1-4H3/b20-12+. The molecule has 2 aromatic rings. The van der Waals surface area contributed by atoms with Crippen LogP contribution in [0.15, 0.2) is 40.3 Å². The summed E-state index contributed by atoms with van der Waals surface area (Å²) in [7, 11) is -2.52. The van der Waals surface area contributed by atoms with Crippen LogP contribution in [0.25, 0.3) is 0 Å². The molecular formula is C19H23N3O6S. The normalized spacial score (nSPS) is 11.4. The second-order valence-corrected chi connectivity index (χ2v) is 7.93. The van der Waals surface area contributed by atoms with Crippen molar-refractivity contribution >= 4 is 21.9 Å². The molecule has 0 saturated heterocycles. The van der Waals surface area contributed by atoms with E-state index in [1.54, 1.807) is 19.1 Å². The molecule has 0 aliphatic carbocycles. The van der Waals surface area contributed by atoms with Crippen molar-refractivity contribution < 1.29 is 22.8 Å². The summed E-state index contributed by atoms with van der Waals surface area (Å²) in [5, 5.41) is 15.1. The van der Waals surface area contributed by atoms with Crippen LogP contribution < -0.4 is 14.3 Å². The Balaban J connectivity index is 2.32. The number of rotatable bonds is 9. The molecule has 0 amide bonds. The third-order valence-electron chi connectivity index (χ3n) is 3.93. The summed E-state index contributed by atoms with van der Waals surface area (Å²) in [6.07, 6.45) is 1.84.